The summed E-state index contributed by atoms with van der Waals surface area (Å²) in [5.74, 6) is 0. The Morgan fingerprint density at radius 3 is 2.20 bits per heavy atom. The summed E-state index contributed by atoms with van der Waals surface area (Å²) in [6.45, 7) is 6.24. The van der Waals surface area contributed by atoms with Crippen molar-refractivity contribution < 1.29 is 0 Å². The zero-order valence-corrected chi connectivity index (χ0v) is 9.15. The van der Waals surface area contributed by atoms with E-state index in [-0.39, 0.29) is 3.42 Å². The first kappa shape index (κ1) is 8.39. The van der Waals surface area contributed by atoms with Gasteiger partial charge in [0.1, 0.15) is 10.0 Å². The molecule has 0 unspecified atom stereocenters. The summed E-state index contributed by atoms with van der Waals surface area (Å²) in [6, 6.07) is 0. The highest BCUT2D eigenvalue weighted by Gasteiger charge is 2.19. The molecule has 1 aromatic rings. The van der Waals surface area contributed by atoms with Gasteiger partial charge in [-0.25, -0.2) is 0 Å². The Hall–Kier alpha value is 0.290. The summed E-state index contributed by atoms with van der Waals surface area (Å²) < 4.78 is 0.129. The number of halogens is 1. The third kappa shape index (κ3) is 1.88. The molecule has 2 nitrogen and oxygen atoms in total. The number of aromatic nitrogens is 2. The largest absolute Gasteiger partial charge is 0.144 e. The van der Waals surface area contributed by atoms with Crippen molar-refractivity contribution in [3.63, 3.8) is 0 Å². The second kappa shape index (κ2) is 2.73. The van der Waals surface area contributed by atoms with Crippen LogP contribution >= 0.6 is 33.9 Å². The van der Waals surface area contributed by atoms with E-state index in [1.54, 1.807) is 11.3 Å². The van der Waals surface area contributed by atoms with Gasteiger partial charge < -0.3 is 0 Å². The highest BCUT2D eigenvalue weighted by molar-refractivity contribution is 14.1. The molecular weight excluding hydrogens is 259 g/mol. The fourth-order valence-electron chi connectivity index (χ4n) is 0.537. The predicted octanol–water partition coefficient (Wildman–Crippen LogP) is 2.52. The molecule has 0 saturated heterocycles. The maximum atomic E-state index is 4.05. The third-order valence-electron chi connectivity index (χ3n) is 1.03. The monoisotopic (exact) mass is 268 g/mol. The fraction of sp³-hybridized carbons (Fsp3) is 0.667. The molecule has 0 saturated carbocycles. The number of nitrogens with zero attached hydrogens (tertiary/aromatic N) is 2. The van der Waals surface area contributed by atoms with E-state index in [1.165, 1.54) is 0 Å². The Morgan fingerprint density at radius 2 is 2.00 bits per heavy atom. The minimum Gasteiger partial charge on any atom is -0.144 e. The Morgan fingerprint density at radius 1 is 1.40 bits per heavy atom. The Balaban J connectivity index is 2.96. The predicted molar refractivity (Wildman–Crippen MR) is 51.7 cm³/mol. The zero-order valence-electron chi connectivity index (χ0n) is 6.18. The molecule has 4 heteroatoms. The second-order valence-corrected chi connectivity index (χ2v) is 6.48. The van der Waals surface area contributed by atoms with Crippen LogP contribution in [0.2, 0.25) is 0 Å². The second-order valence-electron chi connectivity index (χ2n) is 2.60. The van der Waals surface area contributed by atoms with Crippen LogP contribution in [0.1, 0.15) is 23.9 Å². The summed E-state index contributed by atoms with van der Waals surface area (Å²) in [4.78, 5) is 0. The van der Waals surface area contributed by atoms with Gasteiger partial charge in [0.05, 0.1) is 3.42 Å². The van der Waals surface area contributed by atoms with Gasteiger partial charge in [-0.05, 0) is 20.8 Å². The van der Waals surface area contributed by atoms with E-state index in [4.69, 9.17) is 0 Å². The van der Waals surface area contributed by atoms with E-state index in [1.807, 2.05) is 6.92 Å². The molecule has 0 radical (unpaired) electrons. The highest BCUT2D eigenvalue weighted by Crippen LogP contribution is 2.32. The standard InChI is InChI=1S/C6H9IN2S/c1-4-8-9-5(10-4)6(2,3)7/h1-3H3. The molecule has 0 aliphatic rings. The van der Waals surface area contributed by atoms with Crippen LogP contribution in [0.5, 0.6) is 0 Å². The van der Waals surface area contributed by atoms with E-state index >= 15 is 0 Å². The molecule has 0 spiro atoms. The van der Waals surface area contributed by atoms with Crippen LogP contribution in [0, 0.1) is 6.92 Å². The average molecular weight is 268 g/mol. The fourth-order valence-corrected chi connectivity index (χ4v) is 1.66. The summed E-state index contributed by atoms with van der Waals surface area (Å²) in [5.41, 5.74) is 0. The van der Waals surface area contributed by atoms with Crippen LogP contribution in [0.4, 0.5) is 0 Å². The van der Waals surface area contributed by atoms with Crippen LogP contribution in [0.15, 0.2) is 0 Å². The lowest BCUT2D eigenvalue weighted by atomic mass is 10.2. The van der Waals surface area contributed by atoms with Crippen molar-refractivity contribution in [1.82, 2.24) is 10.2 Å². The van der Waals surface area contributed by atoms with Gasteiger partial charge in [-0.15, -0.1) is 21.5 Å². The average Bonchev–Trinajstić information content (AvgIpc) is 2.11. The van der Waals surface area contributed by atoms with Gasteiger partial charge in [-0.3, -0.25) is 0 Å². The van der Waals surface area contributed by atoms with Gasteiger partial charge in [0.15, 0.2) is 0 Å². The topological polar surface area (TPSA) is 25.8 Å². The van der Waals surface area contributed by atoms with E-state index in [0.717, 1.165) is 10.0 Å². The Bertz CT molecular complexity index is 226. The summed E-state index contributed by atoms with van der Waals surface area (Å²) in [5, 5.41) is 10.1. The SMILES string of the molecule is Cc1nnc(C(C)(C)I)s1. The van der Waals surface area contributed by atoms with Gasteiger partial charge in [0.25, 0.3) is 0 Å². The quantitative estimate of drug-likeness (QED) is 0.577. The van der Waals surface area contributed by atoms with Gasteiger partial charge in [-0.2, -0.15) is 0 Å². The van der Waals surface area contributed by atoms with Gasteiger partial charge in [0, 0.05) is 0 Å². The lowest BCUT2D eigenvalue weighted by Gasteiger charge is -2.09. The van der Waals surface area contributed by atoms with Gasteiger partial charge in [0.2, 0.25) is 0 Å². The summed E-state index contributed by atoms with van der Waals surface area (Å²) in [7, 11) is 0. The molecule has 1 rings (SSSR count). The minimum absolute atomic E-state index is 0.129. The van der Waals surface area contributed by atoms with E-state index in [9.17, 15) is 0 Å². The van der Waals surface area contributed by atoms with E-state index in [2.05, 4.69) is 46.6 Å². The summed E-state index contributed by atoms with van der Waals surface area (Å²) >= 11 is 4.03. The number of rotatable bonds is 1. The first-order chi connectivity index (χ1) is 4.50. The van der Waals surface area contributed by atoms with Gasteiger partial charge >= 0.3 is 0 Å². The molecule has 0 aromatic carbocycles. The molecule has 10 heavy (non-hydrogen) atoms. The van der Waals surface area contributed by atoms with Crippen LogP contribution in [-0.2, 0) is 3.42 Å². The maximum Gasteiger partial charge on any atom is 0.132 e. The first-order valence-corrected chi connectivity index (χ1v) is 4.89. The lowest BCUT2D eigenvalue weighted by Crippen LogP contribution is -2.05. The molecule has 0 aliphatic heterocycles. The maximum absolute atomic E-state index is 4.05. The molecule has 0 atom stereocenters. The van der Waals surface area contributed by atoms with Gasteiger partial charge in [-0.1, -0.05) is 22.6 Å². The van der Waals surface area contributed by atoms with Crippen molar-refractivity contribution in [3.8, 4) is 0 Å². The molecule has 0 bridgehead atoms. The Kier molecular flexibility index (Phi) is 2.29. The van der Waals surface area contributed by atoms with Crippen LogP contribution in [0.25, 0.3) is 0 Å². The lowest BCUT2D eigenvalue weighted by molar-refractivity contribution is 0.789. The minimum atomic E-state index is 0.129. The number of hydrogen-bond donors (Lipinski definition) is 0. The van der Waals surface area contributed by atoms with E-state index < -0.39 is 0 Å². The molecule has 0 N–H and O–H groups in total. The van der Waals surface area contributed by atoms with Crippen molar-refractivity contribution in [1.29, 1.82) is 0 Å². The highest BCUT2D eigenvalue weighted by atomic mass is 127. The first-order valence-electron chi connectivity index (χ1n) is 2.99. The van der Waals surface area contributed by atoms with Crippen molar-refractivity contribution in [2.45, 2.75) is 24.2 Å². The normalized spacial score (nSPS) is 12.0. The number of aryl methyl sites for hydroxylation is 1. The molecule has 1 aromatic heterocycles. The van der Waals surface area contributed by atoms with Crippen molar-refractivity contribution in [2.75, 3.05) is 0 Å². The number of hydrogen-bond acceptors (Lipinski definition) is 3. The van der Waals surface area contributed by atoms with Crippen LogP contribution in [-0.4, -0.2) is 10.2 Å². The smallest absolute Gasteiger partial charge is 0.132 e. The van der Waals surface area contributed by atoms with Crippen LogP contribution < -0.4 is 0 Å². The van der Waals surface area contributed by atoms with Crippen molar-refractivity contribution in [2.24, 2.45) is 0 Å². The third-order valence-corrected chi connectivity index (χ3v) is 3.07. The molecular formula is C6H9IN2S. The molecule has 0 aliphatic carbocycles. The van der Waals surface area contributed by atoms with Crippen molar-refractivity contribution >= 4 is 33.9 Å². The van der Waals surface area contributed by atoms with Crippen molar-refractivity contribution in [3.05, 3.63) is 10.0 Å². The summed E-state index contributed by atoms with van der Waals surface area (Å²) in [6.07, 6.45) is 0. The van der Waals surface area contributed by atoms with E-state index in [0.29, 0.717) is 0 Å². The molecule has 0 amide bonds. The Labute approximate surface area is 78.2 Å². The number of alkyl halides is 1. The zero-order chi connectivity index (χ0) is 7.78. The molecule has 0 fully saturated rings. The van der Waals surface area contributed by atoms with Crippen LogP contribution in [0.3, 0.4) is 0 Å². The molecule has 1 heterocycles. The molecule has 56 valence electrons.